The SMILES string of the molecule is CC1(C)[C@H]2CC[C@@]1(C)[C@@H](N(CCO)CCO)[C@H]2NCCO. The molecule has 0 unspecified atom stereocenters. The Morgan fingerprint density at radius 2 is 1.67 bits per heavy atom. The van der Waals surface area contributed by atoms with Crippen LogP contribution in [0, 0.1) is 16.7 Å². The molecule has 2 aliphatic carbocycles. The lowest BCUT2D eigenvalue weighted by Gasteiger charge is -2.46. The number of nitrogens with zero attached hydrogens (tertiary/aromatic N) is 1. The van der Waals surface area contributed by atoms with E-state index in [9.17, 15) is 10.2 Å². The Morgan fingerprint density at radius 1 is 1.05 bits per heavy atom. The van der Waals surface area contributed by atoms with Crippen molar-refractivity contribution in [2.45, 2.75) is 45.7 Å². The Bertz CT molecular complexity index is 344. The summed E-state index contributed by atoms with van der Waals surface area (Å²) in [6, 6.07) is 0.626. The van der Waals surface area contributed by atoms with Gasteiger partial charge >= 0.3 is 0 Å². The molecule has 0 aliphatic heterocycles. The van der Waals surface area contributed by atoms with E-state index < -0.39 is 0 Å². The van der Waals surface area contributed by atoms with E-state index in [-0.39, 0.29) is 30.7 Å². The van der Waals surface area contributed by atoms with Gasteiger partial charge in [0.05, 0.1) is 19.8 Å². The van der Waals surface area contributed by atoms with E-state index >= 15 is 0 Å². The number of aliphatic hydroxyl groups is 3. The Morgan fingerprint density at radius 3 is 2.19 bits per heavy atom. The molecule has 2 fully saturated rings. The van der Waals surface area contributed by atoms with Crippen LogP contribution in [0.4, 0.5) is 0 Å². The van der Waals surface area contributed by atoms with Crippen molar-refractivity contribution in [1.29, 1.82) is 0 Å². The summed E-state index contributed by atoms with van der Waals surface area (Å²) in [7, 11) is 0. The zero-order valence-corrected chi connectivity index (χ0v) is 13.7. The zero-order chi connectivity index (χ0) is 15.7. The van der Waals surface area contributed by atoms with Crippen molar-refractivity contribution in [3.05, 3.63) is 0 Å². The normalized spacial score (nSPS) is 37.6. The molecule has 0 radical (unpaired) electrons. The average Bonchev–Trinajstić information content (AvgIpc) is 2.75. The maximum atomic E-state index is 9.39. The van der Waals surface area contributed by atoms with Gasteiger partial charge in [-0.3, -0.25) is 4.90 Å². The van der Waals surface area contributed by atoms with Gasteiger partial charge < -0.3 is 20.6 Å². The molecule has 2 aliphatic rings. The fourth-order valence-electron chi connectivity index (χ4n) is 5.10. The molecule has 5 nitrogen and oxygen atoms in total. The van der Waals surface area contributed by atoms with Crippen LogP contribution < -0.4 is 5.32 Å². The summed E-state index contributed by atoms with van der Waals surface area (Å²) < 4.78 is 0. The summed E-state index contributed by atoms with van der Waals surface area (Å²) in [4.78, 5) is 2.25. The topological polar surface area (TPSA) is 76.0 Å². The van der Waals surface area contributed by atoms with Gasteiger partial charge in [-0.25, -0.2) is 0 Å². The Kier molecular flexibility index (Phi) is 5.31. The summed E-state index contributed by atoms with van der Waals surface area (Å²) in [5, 5.41) is 31.5. The van der Waals surface area contributed by atoms with Gasteiger partial charge in [-0.15, -0.1) is 0 Å². The summed E-state index contributed by atoms with van der Waals surface area (Å²) in [5.41, 5.74) is 0.406. The molecule has 0 saturated heterocycles. The van der Waals surface area contributed by atoms with Gasteiger partial charge in [-0.1, -0.05) is 20.8 Å². The van der Waals surface area contributed by atoms with E-state index in [1.165, 1.54) is 12.8 Å². The third kappa shape index (κ3) is 2.63. The van der Waals surface area contributed by atoms with Gasteiger partial charge in [0.2, 0.25) is 0 Å². The van der Waals surface area contributed by atoms with E-state index in [0.29, 0.717) is 37.6 Å². The molecular formula is C16H32N2O3. The maximum Gasteiger partial charge on any atom is 0.0558 e. The van der Waals surface area contributed by atoms with Gasteiger partial charge in [0, 0.05) is 31.7 Å². The van der Waals surface area contributed by atoms with Crippen molar-refractivity contribution in [1.82, 2.24) is 10.2 Å². The second-order valence-electron chi connectivity index (χ2n) is 7.42. The smallest absolute Gasteiger partial charge is 0.0558 e. The van der Waals surface area contributed by atoms with Gasteiger partial charge in [0.15, 0.2) is 0 Å². The third-order valence-corrected chi connectivity index (χ3v) is 6.46. The van der Waals surface area contributed by atoms with Crippen LogP contribution in [0.2, 0.25) is 0 Å². The first-order chi connectivity index (χ1) is 9.94. The minimum atomic E-state index is 0.115. The van der Waals surface area contributed by atoms with E-state index in [0.717, 1.165) is 0 Å². The molecule has 124 valence electrons. The van der Waals surface area contributed by atoms with E-state index in [4.69, 9.17) is 5.11 Å². The molecule has 0 amide bonds. The first-order valence-electron chi connectivity index (χ1n) is 8.24. The molecule has 4 N–H and O–H groups in total. The van der Waals surface area contributed by atoms with Gasteiger partial charge in [0.25, 0.3) is 0 Å². The number of nitrogens with one attached hydrogen (secondary N) is 1. The van der Waals surface area contributed by atoms with Crippen LogP contribution in [0.1, 0.15) is 33.6 Å². The Labute approximate surface area is 128 Å². The van der Waals surface area contributed by atoms with Crippen LogP contribution in [-0.2, 0) is 0 Å². The highest BCUT2D eigenvalue weighted by atomic mass is 16.3. The minimum Gasteiger partial charge on any atom is -0.395 e. The fraction of sp³-hybridized carbons (Fsp3) is 1.00. The molecular weight excluding hydrogens is 268 g/mol. The van der Waals surface area contributed by atoms with Crippen molar-refractivity contribution in [2.24, 2.45) is 16.7 Å². The van der Waals surface area contributed by atoms with Gasteiger partial charge in [0.1, 0.15) is 0 Å². The average molecular weight is 300 g/mol. The number of aliphatic hydroxyl groups excluding tert-OH is 3. The van der Waals surface area contributed by atoms with Crippen LogP contribution >= 0.6 is 0 Å². The molecule has 0 heterocycles. The lowest BCUT2D eigenvalue weighted by molar-refractivity contribution is 0.0146. The van der Waals surface area contributed by atoms with Crippen molar-refractivity contribution in [3.63, 3.8) is 0 Å². The molecule has 0 aromatic heterocycles. The number of hydrogen-bond acceptors (Lipinski definition) is 5. The van der Waals surface area contributed by atoms with Crippen molar-refractivity contribution >= 4 is 0 Å². The van der Waals surface area contributed by atoms with Crippen LogP contribution in [0.3, 0.4) is 0 Å². The zero-order valence-electron chi connectivity index (χ0n) is 13.7. The van der Waals surface area contributed by atoms with Crippen LogP contribution in [0.15, 0.2) is 0 Å². The summed E-state index contributed by atoms with van der Waals surface area (Å²) in [5.74, 6) is 0.582. The van der Waals surface area contributed by atoms with Crippen LogP contribution in [-0.4, -0.2) is 71.8 Å². The second-order valence-corrected chi connectivity index (χ2v) is 7.42. The molecule has 2 bridgehead atoms. The molecule has 4 atom stereocenters. The minimum absolute atomic E-state index is 0.115. The highest BCUT2D eigenvalue weighted by Gasteiger charge is 2.66. The van der Waals surface area contributed by atoms with Crippen LogP contribution in [0.5, 0.6) is 0 Å². The van der Waals surface area contributed by atoms with E-state index in [1.54, 1.807) is 0 Å². The number of hydrogen-bond donors (Lipinski definition) is 4. The Balaban J connectivity index is 2.29. The third-order valence-electron chi connectivity index (χ3n) is 6.46. The quantitative estimate of drug-likeness (QED) is 0.510. The fourth-order valence-corrected chi connectivity index (χ4v) is 5.10. The standard InChI is InChI=1S/C16H32N2O3/c1-15(2)12-4-5-16(15,3)14(13(12)17-6-9-19)18(7-10-20)8-11-21/h12-14,17,19-21H,4-11H2,1-3H3/t12-,13-,14-,16-/m0/s1. The van der Waals surface area contributed by atoms with Gasteiger partial charge in [-0.05, 0) is 29.6 Å². The second kappa shape index (κ2) is 6.50. The predicted octanol–water partition coefficient (Wildman–Crippen LogP) is 0.0482. The van der Waals surface area contributed by atoms with E-state index in [1.807, 2.05) is 0 Å². The molecule has 2 rings (SSSR count). The van der Waals surface area contributed by atoms with Crippen molar-refractivity contribution in [2.75, 3.05) is 39.5 Å². The maximum absolute atomic E-state index is 9.39. The van der Waals surface area contributed by atoms with Crippen LogP contribution in [0.25, 0.3) is 0 Å². The Hall–Kier alpha value is -0.200. The largest absolute Gasteiger partial charge is 0.395 e. The molecule has 5 heteroatoms. The van der Waals surface area contributed by atoms with Crippen molar-refractivity contribution in [3.8, 4) is 0 Å². The number of rotatable bonds is 8. The van der Waals surface area contributed by atoms with Crippen molar-refractivity contribution < 1.29 is 15.3 Å². The first-order valence-corrected chi connectivity index (χ1v) is 8.24. The predicted molar refractivity (Wildman–Crippen MR) is 83.0 cm³/mol. The highest BCUT2D eigenvalue weighted by molar-refractivity contribution is 5.20. The summed E-state index contributed by atoms with van der Waals surface area (Å²) >= 11 is 0. The monoisotopic (exact) mass is 300 g/mol. The van der Waals surface area contributed by atoms with E-state index in [2.05, 4.69) is 31.0 Å². The first kappa shape index (κ1) is 17.2. The molecule has 2 saturated carbocycles. The molecule has 21 heavy (non-hydrogen) atoms. The highest BCUT2D eigenvalue weighted by Crippen LogP contribution is 2.66. The molecule has 0 spiro atoms. The molecule has 0 aromatic rings. The lowest BCUT2D eigenvalue weighted by atomic mass is 9.68. The summed E-state index contributed by atoms with van der Waals surface area (Å²) in [6.45, 7) is 9.25. The summed E-state index contributed by atoms with van der Waals surface area (Å²) in [6.07, 6.45) is 2.41. The number of fused-ring (bicyclic) bond motifs is 2. The lowest BCUT2D eigenvalue weighted by Crippen LogP contribution is -2.58. The molecule has 0 aromatic carbocycles. The van der Waals surface area contributed by atoms with Gasteiger partial charge in [-0.2, -0.15) is 0 Å².